The lowest BCUT2D eigenvalue weighted by atomic mass is 10.1. The zero-order valence-electron chi connectivity index (χ0n) is 22.4. The maximum absolute atomic E-state index is 11.9. The third-order valence-corrected chi connectivity index (χ3v) is 6.63. The Kier molecular flexibility index (Phi) is 10.1. The van der Waals surface area contributed by atoms with Crippen LogP contribution in [-0.2, 0) is 17.8 Å². The molecule has 0 unspecified atom stereocenters. The van der Waals surface area contributed by atoms with Crippen LogP contribution in [0.2, 0.25) is 0 Å². The first-order valence-corrected chi connectivity index (χ1v) is 13.5. The highest BCUT2D eigenvalue weighted by atomic mass is 16.5. The Morgan fingerprint density at radius 1 is 1.08 bits per heavy atom. The number of aromatic amines is 1. The Bertz CT molecular complexity index is 1300. The van der Waals surface area contributed by atoms with Gasteiger partial charge >= 0.3 is 0 Å². The fourth-order valence-electron chi connectivity index (χ4n) is 4.38. The van der Waals surface area contributed by atoms with Gasteiger partial charge in [-0.2, -0.15) is 0 Å². The summed E-state index contributed by atoms with van der Waals surface area (Å²) in [5.41, 5.74) is 4.76. The van der Waals surface area contributed by atoms with Crippen LogP contribution < -0.4 is 10.1 Å². The van der Waals surface area contributed by atoms with E-state index in [4.69, 9.17) is 4.74 Å². The van der Waals surface area contributed by atoms with Gasteiger partial charge in [0.15, 0.2) is 0 Å². The number of amides is 1. The lowest BCUT2D eigenvalue weighted by Crippen LogP contribution is -2.32. The number of unbranched alkanes of at least 4 members (excludes halogenated alkanes) is 1. The minimum atomic E-state index is -0.0951. The number of nitrogens with one attached hydrogen (secondary N) is 2. The normalized spacial score (nSPS) is 11.6. The minimum absolute atomic E-state index is 0.0951. The Morgan fingerprint density at radius 3 is 2.71 bits per heavy atom. The molecule has 0 saturated carbocycles. The zero-order chi connectivity index (χ0) is 26.6. The van der Waals surface area contributed by atoms with Crippen molar-refractivity contribution < 1.29 is 9.53 Å². The van der Waals surface area contributed by atoms with E-state index >= 15 is 0 Å². The first kappa shape index (κ1) is 27.1. The highest BCUT2D eigenvalue weighted by molar-refractivity contribution is 5.91. The number of nitrogens with zero attached hydrogens (tertiary/aromatic N) is 2. The van der Waals surface area contributed by atoms with Crippen molar-refractivity contribution in [3.05, 3.63) is 102 Å². The fraction of sp³-hybridized carbons (Fsp3) is 0.312. The second-order valence-electron chi connectivity index (χ2n) is 9.78. The number of aromatic nitrogens is 2. The van der Waals surface area contributed by atoms with Crippen LogP contribution in [0.15, 0.2) is 85.3 Å². The molecule has 198 valence electrons. The third-order valence-electron chi connectivity index (χ3n) is 6.63. The van der Waals surface area contributed by atoms with Crippen molar-refractivity contribution in [1.29, 1.82) is 0 Å². The van der Waals surface area contributed by atoms with Crippen molar-refractivity contribution in [2.24, 2.45) is 0 Å². The van der Waals surface area contributed by atoms with Crippen LogP contribution >= 0.6 is 0 Å². The molecule has 0 fully saturated rings. The summed E-state index contributed by atoms with van der Waals surface area (Å²) in [6.45, 7) is 7.69. The van der Waals surface area contributed by atoms with Gasteiger partial charge in [-0.05, 0) is 80.1 Å². The smallest absolute Gasteiger partial charge is 0.243 e. The summed E-state index contributed by atoms with van der Waals surface area (Å²) in [6.07, 6.45) is 11.6. The minimum Gasteiger partial charge on any atom is -0.494 e. The zero-order valence-corrected chi connectivity index (χ0v) is 22.4. The molecule has 0 radical (unpaired) electrons. The van der Waals surface area contributed by atoms with Gasteiger partial charge in [0.2, 0.25) is 5.91 Å². The lowest BCUT2D eigenvalue weighted by molar-refractivity contribution is -0.116. The Labute approximate surface area is 225 Å². The predicted molar refractivity (Wildman–Crippen MR) is 155 cm³/mol. The highest BCUT2D eigenvalue weighted by Gasteiger charge is 2.12. The van der Waals surface area contributed by atoms with E-state index in [0.717, 1.165) is 43.7 Å². The number of pyridine rings is 1. The van der Waals surface area contributed by atoms with Gasteiger partial charge in [0.25, 0.3) is 0 Å². The van der Waals surface area contributed by atoms with Gasteiger partial charge in [-0.25, -0.2) is 0 Å². The van der Waals surface area contributed by atoms with E-state index < -0.39 is 0 Å². The van der Waals surface area contributed by atoms with Gasteiger partial charge in [-0.1, -0.05) is 36.4 Å². The molecule has 2 aromatic heterocycles. The molecular weight excluding hydrogens is 472 g/mol. The molecule has 6 heteroatoms. The molecule has 2 aromatic carbocycles. The Hall–Kier alpha value is -3.90. The van der Waals surface area contributed by atoms with Gasteiger partial charge < -0.3 is 15.0 Å². The third kappa shape index (κ3) is 8.32. The number of hydrogen-bond acceptors (Lipinski definition) is 4. The number of carbonyl (C=O) groups is 1. The number of rotatable bonds is 14. The van der Waals surface area contributed by atoms with Crippen molar-refractivity contribution in [3.63, 3.8) is 0 Å². The quantitative estimate of drug-likeness (QED) is 0.161. The molecule has 38 heavy (non-hydrogen) atoms. The number of benzene rings is 2. The topological polar surface area (TPSA) is 70.2 Å². The van der Waals surface area contributed by atoms with Crippen LogP contribution in [0.1, 0.15) is 43.4 Å². The summed E-state index contributed by atoms with van der Waals surface area (Å²) >= 11 is 0. The van der Waals surface area contributed by atoms with Crippen LogP contribution in [0.3, 0.4) is 0 Å². The maximum Gasteiger partial charge on any atom is 0.243 e. The maximum atomic E-state index is 11.9. The number of hydrogen-bond donors (Lipinski definition) is 2. The van der Waals surface area contributed by atoms with E-state index in [2.05, 4.69) is 88.8 Å². The molecule has 0 aliphatic heterocycles. The molecular formula is C32H38N4O2. The standard InChI is InChI=1S/C32H38N4O2/c1-25(2)36(20-17-28-23-35-31-10-4-3-9-30(28)31)24-27-11-14-29(15-12-27)38-21-6-5-19-34-32(37)16-13-26-8-7-18-33-22-26/h3-4,7-16,18,22-23,25,35H,5-6,17,19-21,24H2,1-2H3,(H,34,37)/b16-13+. The van der Waals surface area contributed by atoms with Gasteiger partial charge in [-0.15, -0.1) is 0 Å². The number of ether oxygens (including phenoxy) is 1. The number of para-hydroxylation sites is 1. The average molecular weight is 511 g/mol. The van der Waals surface area contributed by atoms with Crippen LogP contribution in [0.25, 0.3) is 17.0 Å². The Morgan fingerprint density at radius 2 is 1.92 bits per heavy atom. The van der Waals surface area contributed by atoms with Gasteiger partial charge in [-0.3, -0.25) is 14.7 Å². The van der Waals surface area contributed by atoms with E-state index in [9.17, 15) is 4.79 Å². The van der Waals surface area contributed by atoms with Crippen LogP contribution in [0.5, 0.6) is 5.75 Å². The first-order chi connectivity index (χ1) is 18.6. The predicted octanol–water partition coefficient (Wildman–Crippen LogP) is 6.00. The SMILES string of the molecule is CC(C)N(CCc1c[nH]c2ccccc12)Cc1ccc(OCCCCNC(=O)/C=C/c2cccnc2)cc1. The molecule has 2 heterocycles. The molecule has 0 aliphatic rings. The van der Waals surface area contributed by atoms with Crippen LogP contribution in [0, 0.1) is 0 Å². The van der Waals surface area contributed by atoms with Crippen LogP contribution in [0.4, 0.5) is 0 Å². The van der Waals surface area contributed by atoms with E-state index in [0.29, 0.717) is 19.2 Å². The number of H-pyrrole nitrogens is 1. The monoisotopic (exact) mass is 510 g/mol. The molecule has 0 bridgehead atoms. The van der Waals surface area contributed by atoms with Gasteiger partial charge in [0.05, 0.1) is 6.61 Å². The van der Waals surface area contributed by atoms with Crippen molar-refractivity contribution >= 4 is 22.9 Å². The first-order valence-electron chi connectivity index (χ1n) is 13.5. The molecule has 6 nitrogen and oxygen atoms in total. The van der Waals surface area contributed by atoms with Crippen molar-refractivity contribution in [2.75, 3.05) is 19.7 Å². The Balaban J connectivity index is 1.14. The summed E-state index contributed by atoms with van der Waals surface area (Å²) in [7, 11) is 0. The summed E-state index contributed by atoms with van der Waals surface area (Å²) in [5, 5.41) is 4.22. The van der Waals surface area contributed by atoms with Crippen molar-refractivity contribution in [1.82, 2.24) is 20.2 Å². The molecule has 0 atom stereocenters. The highest BCUT2D eigenvalue weighted by Crippen LogP contribution is 2.20. The van der Waals surface area contributed by atoms with Gasteiger partial charge in [0.1, 0.15) is 5.75 Å². The lowest BCUT2D eigenvalue weighted by Gasteiger charge is -2.26. The number of fused-ring (bicyclic) bond motifs is 1. The molecule has 4 rings (SSSR count). The summed E-state index contributed by atoms with van der Waals surface area (Å²) in [6, 6.07) is 21.1. The van der Waals surface area contributed by atoms with Crippen LogP contribution in [-0.4, -0.2) is 46.5 Å². The van der Waals surface area contributed by atoms with E-state index in [1.165, 1.54) is 28.1 Å². The molecule has 0 saturated heterocycles. The summed E-state index contributed by atoms with van der Waals surface area (Å²) in [4.78, 5) is 21.8. The average Bonchev–Trinajstić information content (AvgIpc) is 3.36. The van der Waals surface area contributed by atoms with Gasteiger partial charge in [0, 0.05) is 61.2 Å². The summed E-state index contributed by atoms with van der Waals surface area (Å²) in [5.74, 6) is 0.786. The molecule has 0 spiro atoms. The van der Waals surface area contributed by atoms with E-state index in [1.807, 2.05) is 12.1 Å². The largest absolute Gasteiger partial charge is 0.494 e. The molecule has 0 aliphatic carbocycles. The summed E-state index contributed by atoms with van der Waals surface area (Å²) < 4.78 is 5.91. The molecule has 1 amide bonds. The fourth-order valence-corrected chi connectivity index (χ4v) is 4.38. The second-order valence-corrected chi connectivity index (χ2v) is 9.78. The second kappa shape index (κ2) is 14.1. The van der Waals surface area contributed by atoms with E-state index in [1.54, 1.807) is 18.5 Å². The van der Waals surface area contributed by atoms with E-state index in [-0.39, 0.29) is 5.91 Å². The van der Waals surface area contributed by atoms with Crippen molar-refractivity contribution in [2.45, 2.75) is 45.7 Å². The molecule has 2 N–H and O–H groups in total. The number of carbonyl (C=O) groups excluding carboxylic acids is 1. The van der Waals surface area contributed by atoms with Crippen molar-refractivity contribution in [3.8, 4) is 5.75 Å². The molecule has 4 aromatic rings.